The molecule has 0 aromatic heterocycles. The number of aliphatic hydroxyl groups is 1. The summed E-state index contributed by atoms with van der Waals surface area (Å²) in [5, 5.41) is 13.0. The molecule has 0 saturated heterocycles. The van der Waals surface area contributed by atoms with Gasteiger partial charge in [-0.3, -0.25) is 4.79 Å². The van der Waals surface area contributed by atoms with E-state index in [1.165, 1.54) is 38.5 Å². The maximum Gasteiger partial charge on any atom is 0.223 e. The lowest BCUT2D eigenvalue weighted by Crippen LogP contribution is -2.51. The van der Waals surface area contributed by atoms with Crippen molar-refractivity contribution in [2.75, 3.05) is 6.54 Å². The fraction of sp³-hybridized carbons (Fsp3) is 0.944. The van der Waals surface area contributed by atoms with Crippen molar-refractivity contribution in [2.45, 2.75) is 63.9 Å². The molecule has 5 rings (SSSR count). The number of aliphatic hydroxyl groups excluding tert-OH is 1. The van der Waals surface area contributed by atoms with Gasteiger partial charge in [-0.25, -0.2) is 0 Å². The number of hydrogen-bond acceptors (Lipinski definition) is 2. The minimum atomic E-state index is -0.137. The Kier molecular flexibility index (Phi) is 3.72. The van der Waals surface area contributed by atoms with Crippen LogP contribution in [0, 0.1) is 35.5 Å². The van der Waals surface area contributed by atoms with Gasteiger partial charge in [0, 0.05) is 12.5 Å². The third-order valence-corrected chi connectivity index (χ3v) is 6.85. The Labute approximate surface area is 127 Å². The van der Waals surface area contributed by atoms with E-state index < -0.39 is 0 Å². The monoisotopic (exact) mass is 291 g/mol. The van der Waals surface area contributed by atoms with Crippen LogP contribution in [0.2, 0.25) is 0 Å². The predicted molar refractivity (Wildman–Crippen MR) is 81.5 cm³/mol. The SMILES string of the molecule is O=C(NCC1CCCC(O)C1)C1C2CC3CC(C2)CC1C3. The highest BCUT2D eigenvalue weighted by Gasteiger charge is 2.50. The minimum absolute atomic E-state index is 0.137. The van der Waals surface area contributed by atoms with Crippen LogP contribution < -0.4 is 5.32 Å². The van der Waals surface area contributed by atoms with E-state index in [4.69, 9.17) is 0 Å². The van der Waals surface area contributed by atoms with Crippen LogP contribution in [0.15, 0.2) is 0 Å². The first-order chi connectivity index (χ1) is 10.2. The van der Waals surface area contributed by atoms with Gasteiger partial charge in [0.05, 0.1) is 6.10 Å². The smallest absolute Gasteiger partial charge is 0.223 e. The van der Waals surface area contributed by atoms with Crippen LogP contribution in [0.5, 0.6) is 0 Å². The minimum Gasteiger partial charge on any atom is -0.393 e. The fourth-order valence-corrected chi connectivity index (χ4v) is 6.16. The third-order valence-electron chi connectivity index (χ3n) is 6.85. The summed E-state index contributed by atoms with van der Waals surface area (Å²) >= 11 is 0. The first-order valence-corrected chi connectivity index (χ1v) is 9.14. The van der Waals surface area contributed by atoms with E-state index in [1.807, 2.05) is 0 Å². The highest BCUT2D eigenvalue weighted by molar-refractivity contribution is 5.79. The quantitative estimate of drug-likeness (QED) is 0.840. The summed E-state index contributed by atoms with van der Waals surface area (Å²) in [6, 6.07) is 0. The number of rotatable bonds is 3. The Morgan fingerprint density at radius 1 is 0.952 bits per heavy atom. The van der Waals surface area contributed by atoms with Crippen molar-refractivity contribution in [3.63, 3.8) is 0 Å². The predicted octanol–water partition coefficient (Wildman–Crippen LogP) is 2.73. The summed E-state index contributed by atoms with van der Waals surface area (Å²) in [4.78, 5) is 12.7. The maximum atomic E-state index is 12.7. The molecule has 2 atom stereocenters. The topological polar surface area (TPSA) is 49.3 Å². The Morgan fingerprint density at radius 3 is 2.24 bits per heavy atom. The van der Waals surface area contributed by atoms with Crippen LogP contribution in [0.25, 0.3) is 0 Å². The molecule has 3 heteroatoms. The Morgan fingerprint density at radius 2 is 1.62 bits per heavy atom. The lowest BCUT2D eigenvalue weighted by molar-refractivity contribution is -0.138. The van der Waals surface area contributed by atoms with E-state index in [-0.39, 0.29) is 6.10 Å². The van der Waals surface area contributed by atoms with Crippen molar-refractivity contribution >= 4 is 5.91 Å². The number of amides is 1. The molecular formula is C18H29NO2. The maximum absolute atomic E-state index is 12.7. The van der Waals surface area contributed by atoms with Crippen LogP contribution in [-0.4, -0.2) is 23.7 Å². The molecule has 0 heterocycles. The molecule has 2 N–H and O–H groups in total. The molecule has 0 aliphatic heterocycles. The average molecular weight is 291 g/mol. The standard InChI is InChI=1S/C18H29NO2/c20-16-3-1-2-11(9-16)10-19-18(21)17-14-5-12-4-13(7-14)8-15(17)6-12/h11-17,20H,1-10H2,(H,19,21). The first-order valence-electron chi connectivity index (χ1n) is 9.14. The van der Waals surface area contributed by atoms with Crippen molar-refractivity contribution in [1.29, 1.82) is 0 Å². The molecule has 2 unspecified atom stereocenters. The molecule has 4 bridgehead atoms. The Bertz CT molecular complexity index is 380. The van der Waals surface area contributed by atoms with Crippen LogP contribution in [0.4, 0.5) is 0 Å². The van der Waals surface area contributed by atoms with Crippen LogP contribution in [0.3, 0.4) is 0 Å². The normalized spacial score (nSPS) is 48.3. The highest BCUT2D eigenvalue weighted by atomic mass is 16.3. The van der Waals surface area contributed by atoms with Gasteiger partial charge in [-0.1, -0.05) is 6.42 Å². The largest absolute Gasteiger partial charge is 0.393 e. The average Bonchev–Trinajstić information content (AvgIpc) is 2.44. The summed E-state index contributed by atoms with van der Waals surface area (Å²) in [5.74, 6) is 4.37. The summed E-state index contributed by atoms with van der Waals surface area (Å²) in [7, 11) is 0. The van der Waals surface area contributed by atoms with Crippen molar-refractivity contribution in [3.05, 3.63) is 0 Å². The van der Waals surface area contributed by atoms with Gasteiger partial charge in [-0.15, -0.1) is 0 Å². The number of hydrogen-bond donors (Lipinski definition) is 2. The molecule has 0 spiro atoms. The van der Waals surface area contributed by atoms with E-state index in [0.29, 0.717) is 29.6 Å². The lowest BCUT2D eigenvalue weighted by atomic mass is 9.51. The van der Waals surface area contributed by atoms with Gasteiger partial charge in [0.2, 0.25) is 5.91 Å². The van der Waals surface area contributed by atoms with Crippen LogP contribution in [0.1, 0.15) is 57.8 Å². The van der Waals surface area contributed by atoms with Crippen molar-refractivity contribution in [1.82, 2.24) is 5.32 Å². The summed E-state index contributed by atoms with van der Waals surface area (Å²) in [6.07, 6.45) is 10.7. The molecule has 0 aromatic rings. The van der Waals surface area contributed by atoms with Crippen molar-refractivity contribution in [2.24, 2.45) is 35.5 Å². The van der Waals surface area contributed by atoms with Crippen molar-refractivity contribution < 1.29 is 9.90 Å². The molecular weight excluding hydrogens is 262 g/mol. The second-order valence-corrected chi connectivity index (χ2v) is 8.39. The molecule has 21 heavy (non-hydrogen) atoms. The molecule has 1 amide bonds. The third kappa shape index (κ3) is 2.74. The van der Waals surface area contributed by atoms with E-state index in [0.717, 1.165) is 37.6 Å². The molecule has 5 saturated carbocycles. The van der Waals surface area contributed by atoms with Gasteiger partial charge in [-0.2, -0.15) is 0 Å². The molecule has 0 radical (unpaired) electrons. The molecule has 0 aromatic carbocycles. The zero-order valence-corrected chi connectivity index (χ0v) is 13.0. The zero-order chi connectivity index (χ0) is 14.4. The van der Waals surface area contributed by atoms with Gasteiger partial charge in [0.25, 0.3) is 0 Å². The van der Waals surface area contributed by atoms with Crippen LogP contribution >= 0.6 is 0 Å². The number of nitrogens with one attached hydrogen (secondary N) is 1. The summed E-state index contributed by atoms with van der Waals surface area (Å²) in [6.45, 7) is 0.790. The van der Waals surface area contributed by atoms with Gasteiger partial charge < -0.3 is 10.4 Å². The molecule has 5 aliphatic carbocycles. The van der Waals surface area contributed by atoms with Gasteiger partial charge in [0.15, 0.2) is 0 Å². The molecule has 118 valence electrons. The van der Waals surface area contributed by atoms with Gasteiger partial charge in [-0.05, 0) is 81.0 Å². The molecule has 5 aliphatic rings. The Balaban J connectivity index is 1.33. The highest BCUT2D eigenvalue weighted by Crippen LogP contribution is 2.56. The second-order valence-electron chi connectivity index (χ2n) is 8.39. The van der Waals surface area contributed by atoms with E-state index >= 15 is 0 Å². The first kappa shape index (κ1) is 14.0. The zero-order valence-electron chi connectivity index (χ0n) is 13.0. The van der Waals surface area contributed by atoms with E-state index in [2.05, 4.69) is 5.32 Å². The number of carbonyl (C=O) groups excluding carboxylic acids is 1. The lowest BCUT2D eigenvalue weighted by Gasteiger charge is -2.53. The molecule has 3 nitrogen and oxygen atoms in total. The number of carbonyl (C=O) groups is 1. The van der Waals surface area contributed by atoms with E-state index in [1.54, 1.807) is 0 Å². The second kappa shape index (κ2) is 5.57. The summed E-state index contributed by atoms with van der Waals surface area (Å²) in [5.41, 5.74) is 0. The summed E-state index contributed by atoms with van der Waals surface area (Å²) < 4.78 is 0. The Hall–Kier alpha value is -0.570. The van der Waals surface area contributed by atoms with E-state index in [9.17, 15) is 9.90 Å². The fourth-order valence-electron chi connectivity index (χ4n) is 6.16. The van der Waals surface area contributed by atoms with Crippen molar-refractivity contribution in [3.8, 4) is 0 Å². The van der Waals surface area contributed by atoms with Gasteiger partial charge >= 0.3 is 0 Å². The van der Waals surface area contributed by atoms with Gasteiger partial charge in [0.1, 0.15) is 0 Å². The molecule has 5 fully saturated rings. The van der Waals surface area contributed by atoms with Crippen LogP contribution in [-0.2, 0) is 4.79 Å².